The Morgan fingerprint density at radius 1 is 1.24 bits per heavy atom. The van der Waals surface area contributed by atoms with Crippen LogP contribution < -0.4 is 0 Å². The Morgan fingerprint density at radius 3 is 2.65 bits per heavy atom. The summed E-state index contributed by atoms with van der Waals surface area (Å²) in [6.07, 6.45) is 1.79. The van der Waals surface area contributed by atoms with Crippen LogP contribution in [0.1, 0.15) is 25.8 Å². The molecule has 0 amide bonds. The number of hydrogen-bond donors (Lipinski definition) is 0. The molecule has 0 unspecified atom stereocenters. The molecule has 2 atom stereocenters. The molecule has 1 saturated heterocycles. The van der Waals surface area contributed by atoms with Gasteiger partial charge >= 0.3 is 0 Å². The van der Waals surface area contributed by atoms with Gasteiger partial charge in [-0.05, 0) is 18.9 Å². The van der Waals surface area contributed by atoms with Gasteiger partial charge in [0.15, 0.2) is 0 Å². The molecule has 1 heterocycles. The monoisotopic (exact) mass is 231 g/mol. The maximum atomic E-state index is 11.6. The number of benzene rings is 1. The number of piperidine rings is 1. The number of ketones is 1. The maximum Gasteiger partial charge on any atom is 0.138 e. The van der Waals surface area contributed by atoms with Crippen LogP contribution in [0.5, 0.6) is 0 Å². The summed E-state index contributed by atoms with van der Waals surface area (Å²) in [7, 11) is 0. The third-order valence-electron chi connectivity index (χ3n) is 3.71. The Hall–Kier alpha value is -1.15. The molecule has 0 radical (unpaired) electrons. The van der Waals surface area contributed by atoms with Crippen LogP contribution in [0.4, 0.5) is 0 Å². The number of carbonyl (C=O) groups is 1. The van der Waals surface area contributed by atoms with Crippen LogP contribution in [0.25, 0.3) is 0 Å². The molecule has 1 aromatic rings. The Morgan fingerprint density at radius 2 is 1.94 bits per heavy atom. The molecule has 1 aliphatic rings. The van der Waals surface area contributed by atoms with Gasteiger partial charge in [-0.2, -0.15) is 0 Å². The van der Waals surface area contributed by atoms with Crippen molar-refractivity contribution in [2.24, 2.45) is 5.92 Å². The highest BCUT2D eigenvalue weighted by atomic mass is 16.1. The Bertz CT molecular complexity index is 374. The van der Waals surface area contributed by atoms with E-state index in [2.05, 4.69) is 36.1 Å². The highest BCUT2D eigenvalue weighted by Gasteiger charge is 2.28. The summed E-state index contributed by atoms with van der Waals surface area (Å²) < 4.78 is 0. The number of carbonyl (C=O) groups excluding carboxylic acids is 1. The van der Waals surface area contributed by atoms with Crippen molar-refractivity contribution >= 4 is 5.78 Å². The van der Waals surface area contributed by atoms with E-state index >= 15 is 0 Å². The average molecular weight is 231 g/mol. The van der Waals surface area contributed by atoms with Crippen molar-refractivity contribution in [1.29, 1.82) is 0 Å². The summed E-state index contributed by atoms with van der Waals surface area (Å²) >= 11 is 0. The third-order valence-corrected chi connectivity index (χ3v) is 3.71. The largest absolute Gasteiger partial charge is 0.299 e. The highest BCUT2D eigenvalue weighted by Crippen LogP contribution is 2.18. The molecule has 2 heteroatoms. The van der Waals surface area contributed by atoms with Crippen LogP contribution in [0.2, 0.25) is 0 Å². The lowest BCUT2D eigenvalue weighted by atomic mass is 9.93. The van der Waals surface area contributed by atoms with Crippen molar-refractivity contribution < 1.29 is 4.79 Å². The van der Waals surface area contributed by atoms with E-state index in [-0.39, 0.29) is 5.92 Å². The van der Waals surface area contributed by atoms with Crippen LogP contribution in [0.3, 0.4) is 0 Å². The van der Waals surface area contributed by atoms with Crippen LogP contribution in [-0.2, 0) is 11.2 Å². The molecule has 0 N–H and O–H groups in total. The van der Waals surface area contributed by atoms with E-state index in [9.17, 15) is 4.79 Å². The minimum atomic E-state index is 0.210. The Labute approximate surface area is 104 Å². The fourth-order valence-corrected chi connectivity index (χ4v) is 2.48. The van der Waals surface area contributed by atoms with E-state index in [1.165, 1.54) is 5.56 Å². The zero-order valence-electron chi connectivity index (χ0n) is 10.7. The van der Waals surface area contributed by atoms with Crippen molar-refractivity contribution in [3.8, 4) is 0 Å². The zero-order chi connectivity index (χ0) is 12.3. The first-order chi connectivity index (χ1) is 8.16. The first-order valence-electron chi connectivity index (χ1n) is 6.47. The van der Waals surface area contributed by atoms with Crippen LogP contribution in [0, 0.1) is 5.92 Å². The van der Waals surface area contributed by atoms with Gasteiger partial charge in [0.05, 0.1) is 0 Å². The van der Waals surface area contributed by atoms with Gasteiger partial charge in [-0.25, -0.2) is 0 Å². The molecule has 2 nitrogen and oxygen atoms in total. The van der Waals surface area contributed by atoms with E-state index in [1.807, 2.05) is 13.0 Å². The van der Waals surface area contributed by atoms with E-state index < -0.39 is 0 Å². The average Bonchev–Trinajstić information content (AvgIpc) is 2.33. The first-order valence-corrected chi connectivity index (χ1v) is 6.47. The summed E-state index contributed by atoms with van der Waals surface area (Å²) in [5, 5.41) is 0. The summed E-state index contributed by atoms with van der Waals surface area (Å²) in [5.74, 6) is 0.635. The lowest BCUT2D eigenvalue weighted by molar-refractivity contribution is -0.127. The van der Waals surface area contributed by atoms with Gasteiger partial charge < -0.3 is 0 Å². The summed E-state index contributed by atoms with van der Waals surface area (Å²) in [4.78, 5) is 14.0. The first kappa shape index (κ1) is 12.3. The molecular weight excluding hydrogens is 210 g/mol. The van der Waals surface area contributed by atoms with Gasteiger partial charge in [-0.1, -0.05) is 37.3 Å². The van der Waals surface area contributed by atoms with Gasteiger partial charge in [-0.3, -0.25) is 9.69 Å². The zero-order valence-corrected chi connectivity index (χ0v) is 10.7. The van der Waals surface area contributed by atoms with Crippen LogP contribution >= 0.6 is 0 Å². The normalized spacial score (nSPS) is 26.1. The van der Waals surface area contributed by atoms with Crippen molar-refractivity contribution in [1.82, 2.24) is 4.90 Å². The minimum absolute atomic E-state index is 0.210. The quantitative estimate of drug-likeness (QED) is 0.796. The predicted molar refractivity (Wildman–Crippen MR) is 70.0 cm³/mol. The fraction of sp³-hybridized carbons (Fsp3) is 0.533. The molecule has 1 aromatic carbocycles. The van der Waals surface area contributed by atoms with Gasteiger partial charge in [0.1, 0.15) is 5.78 Å². The number of Topliss-reactive ketones (excluding diaryl/α,β-unsaturated/α-hetero) is 1. The molecule has 0 aliphatic carbocycles. The Balaban J connectivity index is 1.89. The SMILES string of the molecule is C[C@@H]1CC(=O)[C@@H](C)CN1CCc1ccccc1. The molecule has 17 heavy (non-hydrogen) atoms. The van der Waals surface area contributed by atoms with Crippen molar-refractivity contribution in [2.45, 2.75) is 32.7 Å². The van der Waals surface area contributed by atoms with Gasteiger partial charge in [0.2, 0.25) is 0 Å². The second-order valence-electron chi connectivity index (χ2n) is 5.15. The maximum absolute atomic E-state index is 11.6. The second-order valence-corrected chi connectivity index (χ2v) is 5.15. The number of nitrogens with zero attached hydrogens (tertiary/aromatic N) is 1. The van der Waals surface area contributed by atoms with Crippen LogP contribution in [0.15, 0.2) is 30.3 Å². The second kappa shape index (κ2) is 5.46. The highest BCUT2D eigenvalue weighted by molar-refractivity contribution is 5.82. The number of hydrogen-bond acceptors (Lipinski definition) is 2. The molecular formula is C15H21NO. The predicted octanol–water partition coefficient (Wildman–Crippen LogP) is 2.53. The van der Waals surface area contributed by atoms with Crippen molar-refractivity contribution in [3.63, 3.8) is 0 Å². The van der Waals surface area contributed by atoms with E-state index in [1.54, 1.807) is 0 Å². The van der Waals surface area contributed by atoms with E-state index in [0.717, 1.165) is 25.9 Å². The van der Waals surface area contributed by atoms with E-state index in [0.29, 0.717) is 11.8 Å². The molecule has 0 saturated carbocycles. The topological polar surface area (TPSA) is 20.3 Å². The van der Waals surface area contributed by atoms with Gasteiger partial charge in [-0.15, -0.1) is 0 Å². The third kappa shape index (κ3) is 3.16. The smallest absolute Gasteiger partial charge is 0.138 e. The molecule has 92 valence electrons. The minimum Gasteiger partial charge on any atom is -0.299 e. The fourth-order valence-electron chi connectivity index (χ4n) is 2.48. The Kier molecular flexibility index (Phi) is 3.95. The summed E-state index contributed by atoms with van der Waals surface area (Å²) in [6, 6.07) is 11.0. The molecule has 0 bridgehead atoms. The molecule has 2 rings (SSSR count). The number of likely N-dealkylation sites (tertiary alicyclic amines) is 1. The molecule has 1 fully saturated rings. The summed E-state index contributed by atoms with van der Waals surface area (Å²) in [5.41, 5.74) is 1.38. The molecule has 0 spiro atoms. The van der Waals surface area contributed by atoms with E-state index in [4.69, 9.17) is 0 Å². The standard InChI is InChI=1S/C15H21NO/c1-12-11-16(13(2)10-15(12)17)9-8-14-6-4-3-5-7-14/h3-7,12-13H,8-11H2,1-2H3/t12-,13+/m0/s1. The van der Waals surface area contributed by atoms with Gasteiger partial charge in [0.25, 0.3) is 0 Å². The van der Waals surface area contributed by atoms with Gasteiger partial charge in [0, 0.05) is 31.5 Å². The van der Waals surface area contributed by atoms with Crippen molar-refractivity contribution in [3.05, 3.63) is 35.9 Å². The molecule has 1 aliphatic heterocycles. The lowest BCUT2D eigenvalue weighted by Gasteiger charge is -2.35. The number of rotatable bonds is 3. The van der Waals surface area contributed by atoms with Crippen molar-refractivity contribution in [2.75, 3.05) is 13.1 Å². The lowest BCUT2D eigenvalue weighted by Crippen LogP contribution is -2.46. The molecule has 0 aromatic heterocycles. The summed E-state index contributed by atoms with van der Waals surface area (Å²) in [6.45, 7) is 6.19. The van der Waals surface area contributed by atoms with Crippen LogP contribution in [-0.4, -0.2) is 29.8 Å².